The molecule has 0 saturated heterocycles. The predicted octanol–water partition coefficient (Wildman–Crippen LogP) is 3.24. The standard InChI is InChI=1S/C25H31FO6/c1-6-20(29)32-25(21(30)31-5)14(2)11-18-17-8-7-15-12-16(27)9-10-22(15,3)24(17,26)19(28)13-23(18,25)4/h6-7,9-10,14,17-19,28H,1,8,11-13H2,2-5H3/t14-,17?,18?,19+,22+,23+,24+,25+/m1/s1. The molecule has 6 nitrogen and oxygen atoms in total. The number of aliphatic hydroxyl groups is 1. The first-order valence-corrected chi connectivity index (χ1v) is 11.1. The number of aliphatic hydroxyl groups excluding tert-OH is 1. The molecular formula is C25H31FO6. The highest BCUT2D eigenvalue weighted by Gasteiger charge is 2.77. The fourth-order valence-electron chi connectivity index (χ4n) is 7.48. The summed E-state index contributed by atoms with van der Waals surface area (Å²) in [4.78, 5) is 37.5. The van der Waals surface area contributed by atoms with E-state index < -0.39 is 52.0 Å². The Hall–Kier alpha value is -2.28. The van der Waals surface area contributed by atoms with Gasteiger partial charge < -0.3 is 14.6 Å². The number of ketones is 1. The summed E-state index contributed by atoms with van der Waals surface area (Å²) in [6, 6.07) is 0. The highest BCUT2D eigenvalue weighted by molar-refractivity contribution is 5.93. The predicted molar refractivity (Wildman–Crippen MR) is 114 cm³/mol. The van der Waals surface area contributed by atoms with Crippen molar-refractivity contribution < 1.29 is 33.4 Å². The number of hydrogen-bond donors (Lipinski definition) is 1. The van der Waals surface area contributed by atoms with E-state index >= 15 is 4.39 Å². The lowest BCUT2D eigenvalue weighted by molar-refractivity contribution is -0.231. The maximum absolute atomic E-state index is 17.2. The van der Waals surface area contributed by atoms with Crippen molar-refractivity contribution in [1.82, 2.24) is 0 Å². The number of carbonyl (C=O) groups is 3. The van der Waals surface area contributed by atoms with E-state index in [0.717, 1.165) is 6.08 Å². The minimum absolute atomic E-state index is 0.0820. The third-order valence-electron chi connectivity index (χ3n) is 9.06. The van der Waals surface area contributed by atoms with Gasteiger partial charge in [-0.25, -0.2) is 14.0 Å². The Balaban J connectivity index is 1.87. The van der Waals surface area contributed by atoms with Crippen LogP contribution in [-0.2, 0) is 23.9 Å². The van der Waals surface area contributed by atoms with Crippen LogP contribution in [0.4, 0.5) is 4.39 Å². The summed E-state index contributed by atoms with van der Waals surface area (Å²) in [6.45, 7) is 8.77. The normalized spacial score (nSPS) is 46.9. The lowest BCUT2D eigenvalue weighted by Gasteiger charge is -2.62. The topological polar surface area (TPSA) is 89.9 Å². The fraction of sp³-hybridized carbons (Fsp3) is 0.640. The number of allylic oxidation sites excluding steroid dienone is 4. The molecule has 0 aromatic carbocycles. The Bertz CT molecular complexity index is 954. The van der Waals surface area contributed by atoms with Gasteiger partial charge in [0.2, 0.25) is 5.60 Å². The summed E-state index contributed by atoms with van der Waals surface area (Å²) in [5.74, 6) is -2.98. The van der Waals surface area contributed by atoms with E-state index in [0.29, 0.717) is 18.4 Å². The summed E-state index contributed by atoms with van der Waals surface area (Å²) in [7, 11) is 1.23. The van der Waals surface area contributed by atoms with Crippen LogP contribution in [0, 0.1) is 28.6 Å². The van der Waals surface area contributed by atoms with Gasteiger partial charge in [0.25, 0.3) is 0 Å². The van der Waals surface area contributed by atoms with Crippen LogP contribution in [0.3, 0.4) is 0 Å². The van der Waals surface area contributed by atoms with Gasteiger partial charge in [-0.3, -0.25) is 4.79 Å². The molecule has 0 aromatic heterocycles. The number of halogens is 1. The highest BCUT2D eigenvalue weighted by Crippen LogP contribution is 2.71. The van der Waals surface area contributed by atoms with E-state index in [9.17, 15) is 19.5 Å². The van der Waals surface area contributed by atoms with Gasteiger partial charge >= 0.3 is 11.9 Å². The smallest absolute Gasteiger partial charge is 0.351 e. The number of hydrogen-bond acceptors (Lipinski definition) is 6. The quantitative estimate of drug-likeness (QED) is 0.407. The van der Waals surface area contributed by atoms with Crippen LogP contribution in [0.1, 0.15) is 46.5 Å². The van der Waals surface area contributed by atoms with Crippen molar-refractivity contribution in [1.29, 1.82) is 0 Å². The molecule has 0 bridgehead atoms. The number of esters is 2. The first kappa shape index (κ1) is 22.9. The minimum Gasteiger partial charge on any atom is -0.466 e. The second-order valence-corrected chi connectivity index (χ2v) is 10.3. The Kier molecular flexibility index (Phi) is 5.09. The molecule has 0 amide bonds. The van der Waals surface area contributed by atoms with Gasteiger partial charge in [-0.15, -0.1) is 0 Å². The molecule has 32 heavy (non-hydrogen) atoms. The average molecular weight is 447 g/mol. The maximum Gasteiger partial charge on any atom is 0.351 e. The second kappa shape index (κ2) is 7.11. The maximum atomic E-state index is 17.2. The van der Waals surface area contributed by atoms with Crippen molar-refractivity contribution >= 4 is 17.7 Å². The zero-order valence-electron chi connectivity index (χ0n) is 19.0. The highest BCUT2D eigenvalue weighted by atomic mass is 19.1. The molecule has 0 aromatic rings. The van der Waals surface area contributed by atoms with Gasteiger partial charge in [0.15, 0.2) is 11.5 Å². The van der Waals surface area contributed by atoms with Crippen molar-refractivity contribution in [2.24, 2.45) is 28.6 Å². The first-order chi connectivity index (χ1) is 14.9. The van der Waals surface area contributed by atoms with Crippen molar-refractivity contribution in [3.05, 3.63) is 36.5 Å². The third kappa shape index (κ3) is 2.51. The van der Waals surface area contributed by atoms with Gasteiger partial charge in [0, 0.05) is 35.2 Å². The first-order valence-electron chi connectivity index (χ1n) is 11.1. The molecule has 2 saturated carbocycles. The number of fused-ring (bicyclic) bond motifs is 5. The van der Waals surface area contributed by atoms with E-state index in [1.807, 2.05) is 6.08 Å². The largest absolute Gasteiger partial charge is 0.466 e. The molecule has 4 rings (SSSR count). The Labute approximate surface area is 187 Å². The fourth-order valence-corrected chi connectivity index (χ4v) is 7.48. The number of rotatable bonds is 3. The molecule has 4 aliphatic rings. The molecule has 1 N–H and O–H groups in total. The molecule has 7 heteroatoms. The molecule has 8 atom stereocenters. The van der Waals surface area contributed by atoms with E-state index in [2.05, 4.69) is 6.58 Å². The van der Waals surface area contributed by atoms with Gasteiger partial charge in [-0.1, -0.05) is 38.2 Å². The SMILES string of the molecule is C=CC(=O)O[C@]1(C(=O)OC)[C@H](C)CC2C3CC=C4CC(=O)C=C[C@]4(C)[C@@]3(F)[C@@H](O)C[C@@]21C. The molecule has 0 radical (unpaired) electrons. The third-order valence-corrected chi connectivity index (χ3v) is 9.06. The van der Waals surface area contributed by atoms with Crippen molar-refractivity contribution in [3.63, 3.8) is 0 Å². The van der Waals surface area contributed by atoms with Crippen molar-refractivity contribution in [2.45, 2.75) is 63.8 Å². The molecule has 2 fully saturated rings. The molecule has 0 spiro atoms. The van der Waals surface area contributed by atoms with Gasteiger partial charge in [-0.2, -0.15) is 0 Å². The summed E-state index contributed by atoms with van der Waals surface area (Å²) >= 11 is 0. The van der Waals surface area contributed by atoms with Crippen LogP contribution < -0.4 is 0 Å². The second-order valence-electron chi connectivity index (χ2n) is 10.3. The molecule has 2 unspecified atom stereocenters. The zero-order chi connectivity index (χ0) is 23.7. The van der Waals surface area contributed by atoms with E-state index in [4.69, 9.17) is 9.47 Å². The summed E-state index contributed by atoms with van der Waals surface area (Å²) < 4.78 is 28.0. The molecular weight excluding hydrogens is 415 g/mol. The van der Waals surface area contributed by atoms with Crippen LogP contribution in [0.15, 0.2) is 36.5 Å². The molecule has 0 heterocycles. The van der Waals surface area contributed by atoms with Crippen LogP contribution in [0.5, 0.6) is 0 Å². The lowest BCUT2D eigenvalue weighted by atomic mass is 9.45. The van der Waals surface area contributed by atoms with Crippen LogP contribution in [0.2, 0.25) is 0 Å². The van der Waals surface area contributed by atoms with Gasteiger partial charge in [0.05, 0.1) is 13.2 Å². The lowest BCUT2D eigenvalue weighted by Crippen LogP contribution is -2.69. The van der Waals surface area contributed by atoms with Crippen LogP contribution >= 0.6 is 0 Å². The van der Waals surface area contributed by atoms with Crippen LogP contribution in [0.25, 0.3) is 0 Å². The van der Waals surface area contributed by atoms with Crippen molar-refractivity contribution in [2.75, 3.05) is 7.11 Å². The van der Waals surface area contributed by atoms with Gasteiger partial charge in [-0.05, 0) is 38.2 Å². The van der Waals surface area contributed by atoms with Crippen LogP contribution in [-0.4, -0.2) is 47.3 Å². The number of methoxy groups -OCH3 is 1. The number of carbonyl (C=O) groups excluding carboxylic acids is 3. The monoisotopic (exact) mass is 446 g/mol. The van der Waals surface area contributed by atoms with Gasteiger partial charge in [0.1, 0.15) is 0 Å². The van der Waals surface area contributed by atoms with E-state index in [1.54, 1.807) is 26.8 Å². The Morgan fingerprint density at radius 2 is 2.00 bits per heavy atom. The summed E-state index contributed by atoms with van der Waals surface area (Å²) in [5, 5.41) is 11.4. The summed E-state index contributed by atoms with van der Waals surface area (Å²) in [5.41, 5.74) is -5.17. The zero-order valence-corrected chi connectivity index (χ0v) is 19.0. The number of ether oxygens (including phenoxy) is 2. The molecule has 174 valence electrons. The Morgan fingerprint density at radius 3 is 2.62 bits per heavy atom. The summed E-state index contributed by atoms with van der Waals surface area (Å²) in [6.07, 6.45) is 5.29. The Morgan fingerprint density at radius 1 is 1.31 bits per heavy atom. The number of alkyl halides is 1. The van der Waals surface area contributed by atoms with Crippen molar-refractivity contribution in [3.8, 4) is 0 Å². The molecule has 0 aliphatic heterocycles. The van der Waals surface area contributed by atoms with E-state index in [-0.39, 0.29) is 24.5 Å². The molecule has 4 aliphatic carbocycles. The minimum atomic E-state index is -2.02. The average Bonchev–Trinajstić information content (AvgIpc) is 2.96. The van der Waals surface area contributed by atoms with E-state index in [1.165, 1.54) is 13.2 Å².